The molecule has 6 aliphatic heterocycles. The molecule has 0 saturated heterocycles. The minimum Gasteiger partial charge on any atom is -0.377 e. The van der Waals surface area contributed by atoms with E-state index in [0.717, 1.165) is 148 Å². The Balaban J connectivity index is 0.000000137. The van der Waals surface area contributed by atoms with E-state index in [1.54, 1.807) is 23.5 Å². The van der Waals surface area contributed by atoms with Gasteiger partial charge in [-0.25, -0.2) is 0 Å². The maximum atomic E-state index is 5.43. The van der Waals surface area contributed by atoms with Gasteiger partial charge in [0.1, 0.15) is 23.0 Å². The van der Waals surface area contributed by atoms with Crippen LogP contribution >= 0.6 is 0 Å². The molecular formula is C103H157N19O5. The van der Waals surface area contributed by atoms with Crippen molar-refractivity contribution in [2.75, 3.05) is 46.0 Å². The van der Waals surface area contributed by atoms with Crippen molar-refractivity contribution in [1.82, 2.24) is 85.0 Å². The number of hydrogen-bond donors (Lipinski definition) is 2. The van der Waals surface area contributed by atoms with Gasteiger partial charge in [0.25, 0.3) is 0 Å². The average Bonchev–Trinajstić information content (AvgIpc) is 1.66. The Morgan fingerprint density at radius 3 is 1.51 bits per heavy atom. The van der Waals surface area contributed by atoms with Crippen molar-refractivity contribution < 1.29 is 23.0 Å². The molecule has 0 spiro atoms. The van der Waals surface area contributed by atoms with Gasteiger partial charge >= 0.3 is 0 Å². The molecule has 127 heavy (non-hydrogen) atoms. The highest BCUT2D eigenvalue weighted by atomic mass is 16.5. The summed E-state index contributed by atoms with van der Waals surface area (Å²) in [6.07, 6.45) is 41.9. The van der Waals surface area contributed by atoms with E-state index in [-0.39, 0.29) is 38.3 Å². The van der Waals surface area contributed by atoms with E-state index in [1.807, 2.05) is 52.5 Å². The first kappa shape index (κ1) is 98.7. The summed E-state index contributed by atoms with van der Waals surface area (Å²) >= 11 is 0. The van der Waals surface area contributed by atoms with Crippen LogP contribution in [0, 0.1) is 11.3 Å². The lowest BCUT2D eigenvalue weighted by Gasteiger charge is -2.24. The largest absolute Gasteiger partial charge is 0.377 e. The lowest BCUT2D eigenvalue weighted by atomic mass is 9.83. The van der Waals surface area contributed by atoms with Crippen LogP contribution < -0.4 is 10.6 Å². The van der Waals surface area contributed by atoms with Crippen LogP contribution in [0.25, 0.3) is 21.8 Å². The van der Waals surface area contributed by atoms with Crippen molar-refractivity contribution in [2.45, 2.75) is 380 Å². The summed E-state index contributed by atoms with van der Waals surface area (Å²) in [5.74, 6) is 3.83. The number of nitrogens with zero attached hydrogens (tertiary/aromatic N) is 17. The van der Waals surface area contributed by atoms with Gasteiger partial charge in [-0.15, -0.1) is 0 Å². The molecule has 0 atom stereocenters. The number of aliphatic imine (C=N–C) groups is 2. The highest BCUT2D eigenvalue weighted by Crippen LogP contribution is 2.38. The molecule has 0 unspecified atom stereocenters. The van der Waals surface area contributed by atoms with Crippen LogP contribution in [0.15, 0.2) is 114 Å². The van der Waals surface area contributed by atoms with Crippen LogP contribution in [-0.4, -0.2) is 132 Å². The molecular weight excluding hydrogens is 1580 g/mol. The minimum absolute atomic E-state index is 0.0309. The molecule has 10 aromatic heterocycles. The lowest BCUT2D eigenvalue weighted by Crippen LogP contribution is -2.27. The van der Waals surface area contributed by atoms with E-state index in [2.05, 4.69) is 285 Å². The predicted molar refractivity (Wildman–Crippen MR) is 514 cm³/mol. The van der Waals surface area contributed by atoms with Gasteiger partial charge in [-0.05, 0) is 276 Å². The van der Waals surface area contributed by atoms with Crippen molar-refractivity contribution in [3.63, 3.8) is 0 Å². The van der Waals surface area contributed by atoms with Crippen molar-refractivity contribution in [1.29, 1.82) is 0 Å². The predicted octanol–water partition coefficient (Wildman–Crippen LogP) is 22.0. The standard InChI is InChI=1S/C11H18N2.2C11H17NO.C11H17N.C10H13N3.3C10H16N2O.C10H16N2.C9H11N3/c1-11(2,3)13-10-7-5-4-6-9(10)8-12-13;1-11(2,3)10-9-4-5-13-7-8(9)6-12-10;1-11(2,3)10-8-6-4-5-7-9(8)12-13-10;1-8(2)11-10-6-4-3-5-9(10)7-12-11;1-10(2,3)13-9-4-5-11-6-8(9)7-12-13;1-10(2,3)12-9-7-13-5-4-8(9)6-11-12;1-10(2,3)9-7-6-11-5-4-8(7)12-13-9;1-10(2,3)9-7-4-5-11-6-8(7)12-13-9;1-8(2)12-7-9-5-3-4-6-10(9)11-12;1-7(2)12-6-8-5-10-4-3-9(8)11-12/h8H,4-7H2,1-3H3;2*4-7H2,1-3H3;8H,3-7H2,1-2H3;4-7H,1-3H3;6H,4-5,7H2,1-3H3;2*11H,4-6H2,1-3H3;7-8H,3-6H2,1-2H3;3-7H,1-2H3. The number of pyridine rings is 2. The van der Waals surface area contributed by atoms with Crippen LogP contribution in [0.4, 0.5) is 0 Å². The normalized spacial score (nSPS) is 17.2. The summed E-state index contributed by atoms with van der Waals surface area (Å²) in [6, 6.07) is 4.84. The Morgan fingerprint density at radius 1 is 0.386 bits per heavy atom. The Bertz CT molecular complexity index is 4900. The summed E-state index contributed by atoms with van der Waals surface area (Å²) in [5.41, 5.74) is 27.5. The van der Waals surface area contributed by atoms with Crippen LogP contribution in [0.3, 0.4) is 0 Å². The smallest absolute Gasteiger partial charge is 0.146 e. The van der Waals surface area contributed by atoms with E-state index in [0.29, 0.717) is 24.6 Å². The SMILES string of the molecule is CC(C)(C)C1=NCC2=C1CCOC2.CC(C)(C)c1onc2c1CCCC2.CC(C)(C)c1onc2c1CCNC2.CC(C)(C)c1onc2c1CNCC2.CC(C)(C)n1ncc2c1CCCC2.CC(C)(C)n1ncc2c1COCC2.CC(C)(C)n1ncc2cnccc21.CC(C)C1=NCC2=C1CCCC2.CC(C)n1cc2c(n1)CCCC2.CC(C)n1cc2cnccc2n1. The van der Waals surface area contributed by atoms with E-state index in [9.17, 15) is 0 Å². The molecule has 2 N–H and O–H groups in total. The second-order valence-corrected chi connectivity index (χ2v) is 43.7. The van der Waals surface area contributed by atoms with Gasteiger partial charge in [0.05, 0.1) is 109 Å². The second-order valence-electron chi connectivity index (χ2n) is 43.7. The fourth-order valence-corrected chi connectivity index (χ4v) is 17.8. The van der Waals surface area contributed by atoms with Crippen molar-refractivity contribution in [3.05, 3.63) is 175 Å². The summed E-state index contributed by atoms with van der Waals surface area (Å²) in [6.45, 7) is 67.8. The molecule has 694 valence electrons. The molecule has 0 bridgehead atoms. The van der Waals surface area contributed by atoms with Gasteiger partial charge in [-0.1, -0.05) is 112 Å². The Hall–Kier alpha value is -8.84. The first-order valence-electron chi connectivity index (χ1n) is 47.7. The van der Waals surface area contributed by atoms with Crippen LogP contribution in [-0.2, 0) is 120 Å². The molecule has 0 saturated carbocycles. The molecule has 10 aromatic rings. The fraction of sp³-hybridized carbons (Fsp3) is 0.650. The van der Waals surface area contributed by atoms with Crippen LogP contribution in [0.2, 0.25) is 0 Å². The number of ether oxygens (including phenoxy) is 2. The Labute approximate surface area is 759 Å². The van der Waals surface area contributed by atoms with Gasteiger partial charge in [0, 0.05) is 142 Å². The molecule has 24 heteroatoms. The third kappa shape index (κ3) is 26.3. The quantitative estimate of drug-likeness (QED) is 0.167. The molecule has 10 aliphatic rings. The average molecular weight is 1740 g/mol. The van der Waals surface area contributed by atoms with Gasteiger partial charge in [-0.3, -0.25) is 43.4 Å². The zero-order valence-electron chi connectivity index (χ0n) is 82.9. The highest BCUT2D eigenvalue weighted by molar-refractivity contribution is 6.06. The van der Waals surface area contributed by atoms with Crippen molar-refractivity contribution in [3.8, 4) is 0 Å². The second kappa shape index (κ2) is 42.8. The summed E-state index contributed by atoms with van der Waals surface area (Å²) in [4.78, 5) is 17.3. The first-order chi connectivity index (χ1) is 59.9. The van der Waals surface area contributed by atoms with Gasteiger partial charge in [0.2, 0.25) is 0 Å². The van der Waals surface area contributed by atoms with E-state index >= 15 is 0 Å². The van der Waals surface area contributed by atoms with Crippen molar-refractivity contribution in [2.24, 2.45) is 21.3 Å². The van der Waals surface area contributed by atoms with Crippen LogP contribution in [0.1, 0.15) is 354 Å². The number of hydrogen-bond acceptors (Lipinski definition) is 19. The minimum atomic E-state index is 0.0309. The maximum absolute atomic E-state index is 5.43. The van der Waals surface area contributed by atoms with Gasteiger partial charge in [0.15, 0.2) is 0 Å². The molecule has 0 amide bonds. The summed E-state index contributed by atoms with van der Waals surface area (Å²) < 4.78 is 37.4. The highest BCUT2D eigenvalue weighted by Gasteiger charge is 2.34. The molecule has 0 fully saturated rings. The van der Waals surface area contributed by atoms with E-state index in [1.165, 1.54) is 169 Å². The van der Waals surface area contributed by atoms with Crippen LogP contribution in [0.5, 0.6) is 0 Å². The first-order valence-corrected chi connectivity index (χ1v) is 47.7. The van der Waals surface area contributed by atoms with Gasteiger partial charge in [-0.2, -0.15) is 25.5 Å². The fourth-order valence-electron chi connectivity index (χ4n) is 17.8. The summed E-state index contributed by atoms with van der Waals surface area (Å²) in [5, 5.41) is 43.4. The molecule has 20 rings (SSSR count). The molecule has 16 heterocycles. The molecule has 0 radical (unpaired) electrons. The van der Waals surface area contributed by atoms with E-state index < -0.39 is 0 Å². The number of allylic oxidation sites excluding steroid dienone is 1. The zero-order valence-corrected chi connectivity index (χ0v) is 82.9. The Morgan fingerprint density at radius 2 is 0.890 bits per heavy atom. The topological polar surface area (TPSA) is 260 Å². The number of aromatic nitrogens is 15. The third-order valence-electron chi connectivity index (χ3n) is 24.4. The number of fused-ring (bicyclic) bond motifs is 8. The molecule has 4 aliphatic carbocycles. The van der Waals surface area contributed by atoms with Crippen molar-refractivity contribution >= 4 is 33.2 Å². The zero-order chi connectivity index (χ0) is 92.0. The third-order valence-corrected chi connectivity index (χ3v) is 24.4. The summed E-state index contributed by atoms with van der Waals surface area (Å²) in [7, 11) is 0. The van der Waals surface area contributed by atoms with Gasteiger partial charge < -0.3 is 33.7 Å². The number of aryl methyl sites for hydroxylation is 4. The Kier molecular flexibility index (Phi) is 33.3. The van der Waals surface area contributed by atoms with E-state index in [4.69, 9.17) is 23.0 Å². The molecule has 24 nitrogen and oxygen atoms in total. The number of nitrogens with one attached hydrogen (secondary N) is 2. The molecule has 0 aromatic carbocycles. The monoisotopic (exact) mass is 1740 g/mol. The maximum Gasteiger partial charge on any atom is 0.146 e. The lowest BCUT2D eigenvalue weighted by molar-refractivity contribution is 0.0999. The number of rotatable bonds is 3.